The van der Waals surface area contributed by atoms with Gasteiger partial charge in [-0.15, -0.1) is 0 Å². The molecule has 2 saturated heterocycles. The third kappa shape index (κ3) is 3.12. The van der Waals surface area contributed by atoms with Crippen molar-refractivity contribution >= 4 is 6.03 Å². The second-order valence-electron chi connectivity index (χ2n) is 6.28. The molecular formula is C16H23N3O2. The second kappa shape index (κ2) is 5.92. The number of amides is 2. The first kappa shape index (κ1) is 14.2. The standard InChI is InChI=1S/C16H23N3O2/c1-11(2)18-16(20)19-12-6-7-13(19)10-14(9-12)21-15-5-3-4-8-17-15/h3-5,8,11-14H,6-7,9-10H2,1-2H3,(H,18,20). The molecule has 0 aliphatic carbocycles. The number of nitrogens with one attached hydrogen (secondary N) is 1. The lowest BCUT2D eigenvalue weighted by Gasteiger charge is -2.39. The van der Waals surface area contributed by atoms with Gasteiger partial charge in [-0.25, -0.2) is 9.78 Å². The van der Waals surface area contributed by atoms with Crippen molar-refractivity contribution in [1.29, 1.82) is 0 Å². The number of aromatic nitrogens is 1. The summed E-state index contributed by atoms with van der Waals surface area (Å²) in [6, 6.07) is 6.57. The van der Waals surface area contributed by atoms with Crippen LogP contribution in [0.25, 0.3) is 0 Å². The van der Waals surface area contributed by atoms with Crippen molar-refractivity contribution in [2.75, 3.05) is 0 Å². The summed E-state index contributed by atoms with van der Waals surface area (Å²) >= 11 is 0. The zero-order valence-electron chi connectivity index (χ0n) is 12.7. The smallest absolute Gasteiger partial charge is 0.318 e. The molecule has 2 unspecified atom stereocenters. The third-order valence-corrected chi connectivity index (χ3v) is 4.26. The van der Waals surface area contributed by atoms with E-state index in [4.69, 9.17) is 4.74 Å². The van der Waals surface area contributed by atoms with Gasteiger partial charge in [0.25, 0.3) is 0 Å². The monoisotopic (exact) mass is 289 g/mol. The number of fused-ring (bicyclic) bond motifs is 2. The predicted molar refractivity (Wildman–Crippen MR) is 80.2 cm³/mol. The Hall–Kier alpha value is -1.78. The summed E-state index contributed by atoms with van der Waals surface area (Å²) < 4.78 is 5.98. The third-order valence-electron chi connectivity index (χ3n) is 4.26. The van der Waals surface area contributed by atoms with Crippen LogP contribution in [0.1, 0.15) is 39.5 Å². The van der Waals surface area contributed by atoms with Crippen LogP contribution in [0.3, 0.4) is 0 Å². The Balaban J connectivity index is 1.62. The van der Waals surface area contributed by atoms with Gasteiger partial charge in [-0.2, -0.15) is 0 Å². The van der Waals surface area contributed by atoms with E-state index in [1.54, 1.807) is 6.20 Å². The molecule has 21 heavy (non-hydrogen) atoms. The minimum atomic E-state index is 0.0776. The summed E-state index contributed by atoms with van der Waals surface area (Å²) in [7, 11) is 0. The fraction of sp³-hybridized carbons (Fsp3) is 0.625. The molecule has 1 aromatic heterocycles. The van der Waals surface area contributed by atoms with Gasteiger partial charge in [0, 0.05) is 43.2 Å². The van der Waals surface area contributed by atoms with Crippen molar-refractivity contribution < 1.29 is 9.53 Å². The Bertz CT molecular complexity index is 478. The average Bonchev–Trinajstić information content (AvgIpc) is 2.71. The van der Waals surface area contributed by atoms with E-state index in [2.05, 4.69) is 10.3 Å². The summed E-state index contributed by atoms with van der Waals surface area (Å²) in [5.74, 6) is 0.682. The summed E-state index contributed by atoms with van der Waals surface area (Å²) in [6.07, 6.45) is 5.88. The highest BCUT2D eigenvalue weighted by Gasteiger charge is 2.44. The lowest BCUT2D eigenvalue weighted by molar-refractivity contribution is 0.0655. The summed E-state index contributed by atoms with van der Waals surface area (Å²) in [6.45, 7) is 3.99. The molecule has 5 nitrogen and oxygen atoms in total. The average molecular weight is 289 g/mol. The number of rotatable bonds is 3. The van der Waals surface area contributed by atoms with E-state index < -0.39 is 0 Å². The maximum absolute atomic E-state index is 12.3. The zero-order chi connectivity index (χ0) is 14.8. The Morgan fingerprint density at radius 3 is 2.62 bits per heavy atom. The van der Waals surface area contributed by atoms with Crippen LogP contribution < -0.4 is 10.1 Å². The number of hydrogen-bond acceptors (Lipinski definition) is 3. The molecule has 2 aliphatic heterocycles. The van der Waals surface area contributed by atoms with Gasteiger partial charge in [0.05, 0.1) is 0 Å². The van der Waals surface area contributed by atoms with Crippen molar-refractivity contribution in [3.63, 3.8) is 0 Å². The van der Waals surface area contributed by atoms with Gasteiger partial charge in [-0.1, -0.05) is 6.07 Å². The number of nitrogens with zero attached hydrogens (tertiary/aromatic N) is 2. The van der Waals surface area contributed by atoms with Gasteiger partial charge >= 0.3 is 6.03 Å². The number of carbonyl (C=O) groups is 1. The Morgan fingerprint density at radius 2 is 2.05 bits per heavy atom. The van der Waals surface area contributed by atoms with Gasteiger partial charge < -0.3 is 15.0 Å². The van der Waals surface area contributed by atoms with Crippen molar-refractivity contribution in [2.45, 2.75) is 63.8 Å². The fourth-order valence-corrected chi connectivity index (χ4v) is 3.46. The zero-order valence-corrected chi connectivity index (χ0v) is 12.7. The normalized spacial score (nSPS) is 27.8. The molecule has 2 fully saturated rings. The molecule has 0 spiro atoms. The molecule has 0 aromatic carbocycles. The van der Waals surface area contributed by atoms with Gasteiger partial charge in [0.2, 0.25) is 5.88 Å². The van der Waals surface area contributed by atoms with Crippen LogP contribution in [0.2, 0.25) is 0 Å². The first-order chi connectivity index (χ1) is 10.1. The molecule has 2 aliphatic rings. The van der Waals surface area contributed by atoms with E-state index in [1.165, 1.54) is 0 Å². The Kier molecular flexibility index (Phi) is 3.99. The van der Waals surface area contributed by atoms with E-state index in [0.29, 0.717) is 18.0 Å². The highest BCUT2D eigenvalue weighted by molar-refractivity contribution is 5.75. The largest absolute Gasteiger partial charge is 0.474 e. The number of urea groups is 1. The molecule has 1 N–H and O–H groups in total. The Labute approximate surface area is 125 Å². The van der Waals surface area contributed by atoms with Crippen LogP contribution >= 0.6 is 0 Å². The number of piperidine rings is 1. The van der Waals surface area contributed by atoms with Gasteiger partial charge in [0.1, 0.15) is 6.10 Å². The second-order valence-corrected chi connectivity index (χ2v) is 6.28. The molecule has 2 atom stereocenters. The summed E-state index contributed by atoms with van der Waals surface area (Å²) in [4.78, 5) is 18.6. The highest BCUT2D eigenvalue weighted by atomic mass is 16.5. The van der Waals surface area contributed by atoms with Gasteiger partial charge in [-0.3, -0.25) is 0 Å². The van der Waals surface area contributed by atoms with Gasteiger partial charge in [-0.05, 0) is 32.8 Å². The molecular weight excluding hydrogens is 266 g/mol. The molecule has 0 radical (unpaired) electrons. The number of ether oxygens (including phenoxy) is 1. The highest BCUT2D eigenvalue weighted by Crippen LogP contribution is 2.37. The number of hydrogen-bond donors (Lipinski definition) is 1. The van der Waals surface area contributed by atoms with E-state index in [0.717, 1.165) is 25.7 Å². The lowest BCUT2D eigenvalue weighted by Crippen LogP contribution is -2.53. The van der Waals surface area contributed by atoms with Crippen molar-refractivity contribution in [3.05, 3.63) is 24.4 Å². The van der Waals surface area contributed by atoms with Crippen molar-refractivity contribution in [3.8, 4) is 5.88 Å². The van der Waals surface area contributed by atoms with E-state index in [9.17, 15) is 4.79 Å². The molecule has 3 heterocycles. The first-order valence-electron chi connectivity index (χ1n) is 7.80. The molecule has 1 aromatic rings. The van der Waals surface area contributed by atoms with Crippen molar-refractivity contribution in [2.24, 2.45) is 0 Å². The van der Waals surface area contributed by atoms with E-state index in [1.807, 2.05) is 36.9 Å². The SMILES string of the molecule is CC(C)NC(=O)N1C2CCC1CC(Oc1ccccn1)C2. The molecule has 0 saturated carbocycles. The summed E-state index contributed by atoms with van der Waals surface area (Å²) in [5.41, 5.74) is 0. The minimum absolute atomic E-state index is 0.0776. The van der Waals surface area contributed by atoms with Gasteiger partial charge in [0.15, 0.2) is 0 Å². The predicted octanol–water partition coefficient (Wildman–Crippen LogP) is 2.57. The fourth-order valence-electron chi connectivity index (χ4n) is 3.46. The van der Waals surface area contributed by atoms with Crippen molar-refractivity contribution in [1.82, 2.24) is 15.2 Å². The lowest BCUT2D eigenvalue weighted by atomic mass is 10.00. The maximum atomic E-state index is 12.3. The van der Waals surface area contributed by atoms with E-state index >= 15 is 0 Å². The quantitative estimate of drug-likeness (QED) is 0.930. The van der Waals surface area contributed by atoms with Crippen LogP contribution in [0, 0.1) is 0 Å². The number of carbonyl (C=O) groups excluding carboxylic acids is 1. The molecule has 2 amide bonds. The molecule has 114 valence electrons. The van der Waals surface area contributed by atoms with Crippen LogP contribution in [-0.2, 0) is 0 Å². The van der Waals surface area contributed by atoms with Crippen LogP contribution in [0.15, 0.2) is 24.4 Å². The molecule has 2 bridgehead atoms. The van der Waals surface area contributed by atoms with E-state index in [-0.39, 0.29) is 18.2 Å². The minimum Gasteiger partial charge on any atom is -0.474 e. The van der Waals surface area contributed by atoms with Crippen LogP contribution in [0.5, 0.6) is 5.88 Å². The Morgan fingerprint density at radius 1 is 1.33 bits per heavy atom. The van der Waals surface area contributed by atoms with Crippen LogP contribution in [0.4, 0.5) is 4.79 Å². The first-order valence-corrected chi connectivity index (χ1v) is 7.80. The molecule has 3 rings (SSSR count). The topological polar surface area (TPSA) is 54.5 Å². The summed E-state index contributed by atoms with van der Waals surface area (Å²) in [5, 5.41) is 3.01. The van der Waals surface area contributed by atoms with Crippen LogP contribution in [-0.4, -0.2) is 40.1 Å². The molecule has 5 heteroatoms. The number of pyridine rings is 1. The maximum Gasteiger partial charge on any atom is 0.318 e.